The number of fused-ring (bicyclic) bond motifs is 1. The van der Waals surface area contributed by atoms with Gasteiger partial charge in [0.1, 0.15) is 11.9 Å². The Balaban J connectivity index is 1.45. The van der Waals surface area contributed by atoms with Crippen LogP contribution in [0.25, 0.3) is 0 Å². The summed E-state index contributed by atoms with van der Waals surface area (Å²) in [5, 5.41) is 16.4. The van der Waals surface area contributed by atoms with Gasteiger partial charge in [-0.15, -0.1) is 0 Å². The van der Waals surface area contributed by atoms with E-state index in [0.29, 0.717) is 18.2 Å². The van der Waals surface area contributed by atoms with Gasteiger partial charge in [-0.3, -0.25) is 4.79 Å². The van der Waals surface area contributed by atoms with Crippen LogP contribution < -0.4 is 10.6 Å². The number of rotatable bonds is 5. The number of hydrogen-bond donors (Lipinski definition) is 3. The van der Waals surface area contributed by atoms with Crippen molar-refractivity contribution in [2.24, 2.45) is 11.3 Å². The zero-order chi connectivity index (χ0) is 16.6. The van der Waals surface area contributed by atoms with Crippen LogP contribution in [0.4, 0.5) is 0 Å². The highest BCUT2D eigenvalue weighted by Crippen LogP contribution is 2.40. The lowest BCUT2D eigenvalue weighted by Gasteiger charge is -2.35. The summed E-state index contributed by atoms with van der Waals surface area (Å²) in [6, 6.07) is 0. The van der Waals surface area contributed by atoms with Crippen molar-refractivity contribution in [2.45, 2.75) is 51.1 Å². The molecule has 1 amide bonds. The molecule has 2 aliphatic carbocycles. The highest BCUT2D eigenvalue weighted by Gasteiger charge is 2.42. The van der Waals surface area contributed by atoms with Crippen molar-refractivity contribution >= 4 is 5.91 Å². The monoisotopic (exact) mass is 329 g/mol. The van der Waals surface area contributed by atoms with Crippen LogP contribution in [-0.2, 0) is 4.79 Å². The topological polar surface area (TPSA) is 64.6 Å². The van der Waals surface area contributed by atoms with Crippen molar-refractivity contribution in [1.29, 1.82) is 0 Å². The quantitative estimate of drug-likeness (QED) is 0.722. The van der Waals surface area contributed by atoms with E-state index in [0.717, 1.165) is 31.4 Å². The molecule has 24 heavy (non-hydrogen) atoms. The van der Waals surface area contributed by atoms with Gasteiger partial charge in [-0.2, -0.15) is 0 Å². The molecular weight excluding hydrogens is 302 g/mol. The molecule has 3 N–H and O–H groups in total. The molecule has 4 rings (SSSR count). The third-order valence-corrected chi connectivity index (χ3v) is 5.91. The van der Waals surface area contributed by atoms with Gasteiger partial charge < -0.3 is 20.6 Å². The van der Waals surface area contributed by atoms with E-state index in [9.17, 15) is 9.90 Å². The summed E-state index contributed by atoms with van der Waals surface area (Å²) in [7, 11) is 0. The summed E-state index contributed by atoms with van der Waals surface area (Å²) < 4.78 is 0. The van der Waals surface area contributed by atoms with Crippen molar-refractivity contribution < 1.29 is 9.90 Å². The van der Waals surface area contributed by atoms with Crippen LogP contribution in [0.15, 0.2) is 35.8 Å². The number of allylic oxidation sites excluding steroid dienone is 3. The predicted molar refractivity (Wildman–Crippen MR) is 92.4 cm³/mol. The van der Waals surface area contributed by atoms with E-state index < -0.39 is 0 Å². The number of carbonyl (C=O) groups excluding carboxylic acids is 1. The highest BCUT2D eigenvalue weighted by atomic mass is 16.3. The SMILES string of the molecule is O=C(NCC1(CO)CCCCC1)C1=C2C=CC=CN2C(C2CC2)N1. The Morgan fingerprint density at radius 3 is 2.79 bits per heavy atom. The van der Waals surface area contributed by atoms with Gasteiger partial charge in [0.2, 0.25) is 0 Å². The standard InChI is InChI=1S/C19H27N3O2/c23-13-19(9-3-1-4-10-19)12-20-18(24)16-15-6-2-5-11-22(15)17(21-16)14-7-8-14/h2,5-6,11,14,17,21,23H,1,3-4,7-10,12-13H2,(H,20,24). The largest absolute Gasteiger partial charge is 0.396 e. The number of nitrogens with one attached hydrogen (secondary N) is 2. The number of amides is 1. The van der Waals surface area contributed by atoms with Crippen LogP contribution in [-0.4, -0.2) is 35.2 Å². The van der Waals surface area contributed by atoms with Gasteiger partial charge in [-0.05, 0) is 43.8 Å². The number of hydrogen-bond acceptors (Lipinski definition) is 4. The molecule has 0 spiro atoms. The Bertz CT molecular complexity index is 598. The minimum atomic E-state index is -0.129. The van der Waals surface area contributed by atoms with Crippen molar-refractivity contribution in [3.8, 4) is 0 Å². The molecule has 2 saturated carbocycles. The van der Waals surface area contributed by atoms with Crippen LogP contribution in [0.2, 0.25) is 0 Å². The molecule has 2 aliphatic heterocycles. The molecule has 0 saturated heterocycles. The summed E-state index contributed by atoms with van der Waals surface area (Å²) in [5.74, 6) is 0.583. The van der Waals surface area contributed by atoms with Gasteiger partial charge in [0.15, 0.2) is 0 Å². The molecule has 2 fully saturated rings. The Labute approximate surface area is 143 Å². The second-order valence-electron chi connectivity index (χ2n) is 7.70. The normalized spacial score (nSPS) is 27.9. The molecular formula is C19H27N3O2. The zero-order valence-electron chi connectivity index (χ0n) is 14.1. The highest BCUT2D eigenvalue weighted by molar-refractivity contribution is 5.94. The average molecular weight is 329 g/mol. The fraction of sp³-hybridized carbons (Fsp3) is 0.632. The number of carbonyl (C=O) groups is 1. The predicted octanol–water partition coefficient (Wildman–Crippen LogP) is 1.98. The van der Waals surface area contributed by atoms with E-state index in [2.05, 4.69) is 21.7 Å². The molecule has 0 radical (unpaired) electrons. The van der Waals surface area contributed by atoms with E-state index in [1.165, 1.54) is 19.3 Å². The van der Waals surface area contributed by atoms with E-state index in [1.54, 1.807) is 0 Å². The Morgan fingerprint density at radius 2 is 2.08 bits per heavy atom. The first kappa shape index (κ1) is 15.8. The van der Waals surface area contributed by atoms with Gasteiger partial charge in [0, 0.05) is 18.2 Å². The lowest BCUT2D eigenvalue weighted by atomic mass is 9.74. The van der Waals surface area contributed by atoms with Crippen LogP contribution in [0.5, 0.6) is 0 Å². The second-order valence-corrected chi connectivity index (χ2v) is 7.70. The molecule has 5 nitrogen and oxygen atoms in total. The molecule has 1 unspecified atom stereocenters. The summed E-state index contributed by atoms with van der Waals surface area (Å²) in [6.07, 6.45) is 16.3. The molecule has 5 heteroatoms. The molecule has 130 valence electrons. The van der Waals surface area contributed by atoms with Crippen molar-refractivity contribution in [3.05, 3.63) is 35.8 Å². The molecule has 1 atom stereocenters. The molecule has 2 heterocycles. The number of aliphatic hydroxyl groups is 1. The molecule has 0 bridgehead atoms. The van der Waals surface area contributed by atoms with Crippen LogP contribution in [0.1, 0.15) is 44.9 Å². The smallest absolute Gasteiger partial charge is 0.269 e. The first-order chi connectivity index (χ1) is 11.7. The van der Waals surface area contributed by atoms with Crippen LogP contribution >= 0.6 is 0 Å². The Kier molecular flexibility index (Phi) is 4.12. The summed E-state index contributed by atoms with van der Waals surface area (Å²) in [6.45, 7) is 0.723. The fourth-order valence-corrected chi connectivity index (χ4v) is 4.19. The van der Waals surface area contributed by atoms with E-state index >= 15 is 0 Å². The van der Waals surface area contributed by atoms with Gasteiger partial charge in [-0.25, -0.2) is 0 Å². The van der Waals surface area contributed by atoms with Gasteiger partial charge in [0.25, 0.3) is 5.91 Å². The fourth-order valence-electron chi connectivity index (χ4n) is 4.19. The third-order valence-electron chi connectivity index (χ3n) is 5.91. The van der Waals surface area contributed by atoms with E-state index in [4.69, 9.17) is 0 Å². The Hall–Kier alpha value is -1.75. The summed E-state index contributed by atoms with van der Waals surface area (Å²) >= 11 is 0. The van der Waals surface area contributed by atoms with Gasteiger partial charge in [-0.1, -0.05) is 25.3 Å². The van der Waals surface area contributed by atoms with Crippen LogP contribution in [0, 0.1) is 11.3 Å². The van der Waals surface area contributed by atoms with Crippen molar-refractivity contribution in [1.82, 2.24) is 15.5 Å². The van der Waals surface area contributed by atoms with Crippen molar-refractivity contribution in [3.63, 3.8) is 0 Å². The first-order valence-corrected chi connectivity index (χ1v) is 9.26. The zero-order valence-corrected chi connectivity index (χ0v) is 14.1. The maximum absolute atomic E-state index is 12.8. The minimum Gasteiger partial charge on any atom is -0.396 e. The second kappa shape index (κ2) is 6.28. The van der Waals surface area contributed by atoms with E-state index in [-0.39, 0.29) is 24.1 Å². The molecule has 0 aromatic carbocycles. The molecule has 0 aromatic heterocycles. The van der Waals surface area contributed by atoms with Crippen molar-refractivity contribution in [2.75, 3.05) is 13.2 Å². The first-order valence-electron chi connectivity index (χ1n) is 9.26. The average Bonchev–Trinajstić information content (AvgIpc) is 3.41. The van der Waals surface area contributed by atoms with E-state index in [1.807, 2.05) is 18.2 Å². The minimum absolute atomic E-state index is 0.0449. The lowest BCUT2D eigenvalue weighted by Crippen LogP contribution is -2.44. The van der Waals surface area contributed by atoms with Gasteiger partial charge >= 0.3 is 0 Å². The summed E-state index contributed by atoms with van der Waals surface area (Å²) in [4.78, 5) is 15.0. The number of nitrogens with zero attached hydrogens (tertiary/aromatic N) is 1. The molecule has 4 aliphatic rings. The summed E-state index contributed by atoms with van der Waals surface area (Å²) in [5.41, 5.74) is 1.51. The Morgan fingerprint density at radius 1 is 1.29 bits per heavy atom. The third kappa shape index (κ3) is 2.86. The van der Waals surface area contributed by atoms with Crippen LogP contribution in [0.3, 0.4) is 0 Å². The maximum atomic E-state index is 12.8. The lowest BCUT2D eigenvalue weighted by molar-refractivity contribution is -0.118. The maximum Gasteiger partial charge on any atom is 0.269 e. The molecule has 0 aromatic rings. The number of aliphatic hydroxyl groups excluding tert-OH is 1. The van der Waals surface area contributed by atoms with Gasteiger partial charge in [0.05, 0.1) is 12.3 Å².